The Balaban J connectivity index is 3.16. The van der Waals surface area contributed by atoms with Crippen molar-refractivity contribution in [3.05, 3.63) is 72.9 Å². The van der Waals surface area contributed by atoms with Crippen LogP contribution in [0.1, 0.15) is 31.7 Å². The van der Waals surface area contributed by atoms with Crippen LogP contribution in [0.5, 0.6) is 0 Å². The van der Waals surface area contributed by atoms with Crippen LogP contribution in [0.4, 0.5) is 0 Å². The van der Waals surface area contributed by atoms with Gasteiger partial charge >= 0.3 is 0 Å². The molecule has 0 saturated heterocycles. The summed E-state index contributed by atoms with van der Waals surface area (Å²) in [4.78, 5) is 0. The number of benzene rings is 1. The van der Waals surface area contributed by atoms with Crippen LogP contribution in [0.25, 0.3) is 0 Å². The molecule has 0 aliphatic heterocycles. The predicted molar refractivity (Wildman–Crippen MR) is 77.1 cm³/mol. The lowest BCUT2D eigenvalue weighted by Gasteiger charge is -2.24. The number of allylic oxidation sites excluding steroid dienone is 4. The second kappa shape index (κ2) is 6.90. The Bertz CT molecular complexity index is 384. The third-order valence-corrected chi connectivity index (χ3v) is 3.28. The van der Waals surface area contributed by atoms with Crippen LogP contribution in [-0.4, -0.2) is 0 Å². The minimum Gasteiger partial charge on any atom is -0.0991 e. The molecule has 1 aromatic carbocycles. The van der Waals surface area contributed by atoms with E-state index in [1.807, 2.05) is 12.2 Å². The van der Waals surface area contributed by atoms with E-state index >= 15 is 0 Å². The lowest BCUT2D eigenvalue weighted by atomic mass is 9.80. The van der Waals surface area contributed by atoms with Crippen LogP contribution < -0.4 is 0 Å². The molecule has 0 radical (unpaired) electrons. The van der Waals surface area contributed by atoms with Crippen molar-refractivity contribution in [2.45, 2.75) is 26.2 Å². The van der Waals surface area contributed by atoms with Gasteiger partial charge in [-0.3, -0.25) is 0 Å². The van der Waals surface area contributed by atoms with E-state index in [4.69, 9.17) is 0 Å². The highest BCUT2D eigenvalue weighted by atomic mass is 14.2. The Morgan fingerprint density at radius 3 is 2.35 bits per heavy atom. The predicted octanol–water partition coefficient (Wildman–Crippen LogP) is 5.11. The smallest absolute Gasteiger partial charge is 0.0115 e. The highest BCUT2D eigenvalue weighted by Gasteiger charge is 2.19. The van der Waals surface area contributed by atoms with Crippen molar-refractivity contribution < 1.29 is 0 Å². The maximum Gasteiger partial charge on any atom is 0.0115 e. The Morgan fingerprint density at radius 1 is 1.24 bits per heavy atom. The lowest BCUT2D eigenvalue weighted by Crippen LogP contribution is -2.11. The van der Waals surface area contributed by atoms with Gasteiger partial charge in [-0.15, -0.1) is 0 Å². The highest BCUT2D eigenvalue weighted by Crippen LogP contribution is 2.34. The van der Waals surface area contributed by atoms with Gasteiger partial charge in [0.2, 0.25) is 0 Å². The first-order valence-corrected chi connectivity index (χ1v) is 6.24. The van der Waals surface area contributed by atoms with E-state index in [9.17, 15) is 0 Å². The zero-order valence-corrected chi connectivity index (χ0v) is 10.9. The molecule has 0 heterocycles. The third-order valence-electron chi connectivity index (χ3n) is 3.28. The van der Waals surface area contributed by atoms with Gasteiger partial charge in [0, 0.05) is 5.92 Å². The summed E-state index contributed by atoms with van der Waals surface area (Å²) in [7, 11) is 0. The summed E-state index contributed by atoms with van der Waals surface area (Å²) in [6.45, 7) is 12.2. The molecule has 90 valence electrons. The lowest BCUT2D eigenvalue weighted by molar-refractivity contribution is 0.496. The van der Waals surface area contributed by atoms with E-state index in [2.05, 4.69) is 63.4 Å². The molecule has 0 heteroatoms. The summed E-state index contributed by atoms with van der Waals surface area (Å²) >= 11 is 0. The first-order chi connectivity index (χ1) is 8.24. The maximum atomic E-state index is 3.93. The monoisotopic (exact) mass is 226 g/mol. The molecule has 0 aliphatic rings. The van der Waals surface area contributed by atoms with Crippen LogP contribution in [0.3, 0.4) is 0 Å². The van der Waals surface area contributed by atoms with Gasteiger partial charge in [0.25, 0.3) is 0 Å². The molecule has 0 fully saturated rings. The third kappa shape index (κ3) is 3.45. The van der Waals surface area contributed by atoms with Gasteiger partial charge in [0.05, 0.1) is 0 Å². The normalized spacial score (nSPS) is 15.1. The molecule has 0 saturated carbocycles. The molecule has 2 atom stereocenters. The molecular weight excluding hydrogens is 204 g/mol. The van der Waals surface area contributed by atoms with E-state index in [1.54, 1.807) is 0 Å². The van der Waals surface area contributed by atoms with Crippen LogP contribution in [0.15, 0.2) is 67.3 Å². The fourth-order valence-corrected chi connectivity index (χ4v) is 2.18. The molecule has 0 spiro atoms. The molecule has 0 bridgehead atoms. The molecule has 0 aliphatic carbocycles. The molecule has 0 aromatic heterocycles. The van der Waals surface area contributed by atoms with Gasteiger partial charge in [-0.05, 0) is 17.1 Å². The number of rotatable bonds is 6. The summed E-state index contributed by atoms with van der Waals surface area (Å²) in [5, 5.41) is 0. The fourth-order valence-electron chi connectivity index (χ4n) is 2.18. The van der Waals surface area contributed by atoms with Gasteiger partial charge < -0.3 is 0 Å². The average Bonchev–Trinajstić information content (AvgIpc) is 2.39. The quantitative estimate of drug-likeness (QED) is 0.591. The molecule has 2 unspecified atom stereocenters. The standard InChI is InChI=1S/C17H22/c1-5-11-15(7-3)17(14(4)6-2)16-12-9-8-10-13-16/h5,7-14,17H,1,3,6H2,2,4H3/b15-11+. The highest BCUT2D eigenvalue weighted by molar-refractivity contribution is 5.36. The van der Waals surface area contributed by atoms with Gasteiger partial charge in [-0.2, -0.15) is 0 Å². The summed E-state index contributed by atoms with van der Waals surface area (Å²) in [6.07, 6.45) is 7.01. The molecule has 17 heavy (non-hydrogen) atoms. The van der Waals surface area contributed by atoms with E-state index < -0.39 is 0 Å². The maximum absolute atomic E-state index is 3.93. The number of hydrogen-bond acceptors (Lipinski definition) is 0. The van der Waals surface area contributed by atoms with Crippen molar-refractivity contribution in [1.29, 1.82) is 0 Å². The Kier molecular flexibility index (Phi) is 5.48. The van der Waals surface area contributed by atoms with Crippen molar-refractivity contribution >= 4 is 0 Å². The van der Waals surface area contributed by atoms with Crippen LogP contribution >= 0.6 is 0 Å². The summed E-state index contributed by atoms with van der Waals surface area (Å²) in [5.41, 5.74) is 2.61. The minimum atomic E-state index is 0.414. The van der Waals surface area contributed by atoms with Crippen molar-refractivity contribution in [2.24, 2.45) is 5.92 Å². The Labute approximate surface area is 105 Å². The van der Waals surface area contributed by atoms with Gasteiger partial charge in [-0.1, -0.05) is 82.0 Å². The van der Waals surface area contributed by atoms with Crippen molar-refractivity contribution in [3.63, 3.8) is 0 Å². The summed E-state index contributed by atoms with van der Waals surface area (Å²) in [6, 6.07) is 10.6. The fraction of sp³-hybridized carbons (Fsp3) is 0.294. The molecule has 1 rings (SSSR count). The zero-order chi connectivity index (χ0) is 12.7. The van der Waals surface area contributed by atoms with Crippen LogP contribution in [0, 0.1) is 5.92 Å². The van der Waals surface area contributed by atoms with Crippen LogP contribution in [0.2, 0.25) is 0 Å². The van der Waals surface area contributed by atoms with E-state index in [1.165, 1.54) is 11.1 Å². The first kappa shape index (κ1) is 13.5. The van der Waals surface area contributed by atoms with E-state index in [-0.39, 0.29) is 0 Å². The van der Waals surface area contributed by atoms with Gasteiger partial charge in [-0.25, -0.2) is 0 Å². The van der Waals surface area contributed by atoms with Crippen LogP contribution in [-0.2, 0) is 0 Å². The van der Waals surface area contributed by atoms with Crippen molar-refractivity contribution in [1.82, 2.24) is 0 Å². The Morgan fingerprint density at radius 2 is 1.88 bits per heavy atom. The topological polar surface area (TPSA) is 0 Å². The molecule has 1 aromatic rings. The summed E-state index contributed by atoms with van der Waals surface area (Å²) in [5.74, 6) is 1.01. The molecule has 0 N–H and O–H groups in total. The first-order valence-electron chi connectivity index (χ1n) is 6.24. The largest absolute Gasteiger partial charge is 0.0991 e. The second-order valence-corrected chi connectivity index (χ2v) is 4.38. The van der Waals surface area contributed by atoms with E-state index in [0.717, 1.165) is 6.42 Å². The van der Waals surface area contributed by atoms with Crippen molar-refractivity contribution in [2.75, 3.05) is 0 Å². The molecule has 0 nitrogen and oxygen atoms in total. The SMILES string of the molecule is C=C/C=C(\C=C)C(c1ccccc1)C(C)CC. The number of hydrogen-bond donors (Lipinski definition) is 0. The minimum absolute atomic E-state index is 0.414. The average molecular weight is 226 g/mol. The summed E-state index contributed by atoms with van der Waals surface area (Å²) < 4.78 is 0. The molecule has 0 amide bonds. The van der Waals surface area contributed by atoms with Gasteiger partial charge in [0.15, 0.2) is 0 Å². The molecular formula is C17H22. The van der Waals surface area contributed by atoms with E-state index in [0.29, 0.717) is 11.8 Å². The second-order valence-electron chi connectivity index (χ2n) is 4.38. The van der Waals surface area contributed by atoms with Gasteiger partial charge in [0.1, 0.15) is 0 Å². The van der Waals surface area contributed by atoms with Crippen molar-refractivity contribution in [3.8, 4) is 0 Å². The Hall–Kier alpha value is -1.56. The zero-order valence-electron chi connectivity index (χ0n) is 10.9.